The minimum atomic E-state index is -0.140. The van der Waals surface area contributed by atoms with E-state index in [0.717, 1.165) is 59.3 Å². The number of hydrogen-bond donors (Lipinski definition) is 1. The summed E-state index contributed by atoms with van der Waals surface area (Å²) < 4.78 is 7.85. The van der Waals surface area contributed by atoms with Gasteiger partial charge in [0.15, 0.2) is 6.61 Å². The van der Waals surface area contributed by atoms with Gasteiger partial charge in [-0.3, -0.25) is 19.4 Å². The molecule has 0 saturated carbocycles. The summed E-state index contributed by atoms with van der Waals surface area (Å²) >= 11 is 0. The highest BCUT2D eigenvalue weighted by Crippen LogP contribution is 2.40. The number of pyridine rings is 2. The second-order valence-electron chi connectivity index (χ2n) is 8.69. The van der Waals surface area contributed by atoms with E-state index in [4.69, 9.17) is 9.84 Å². The third kappa shape index (κ3) is 4.49. The molecule has 1 aliphatic heterocycles. The zero-order chi connectivity index (χ0) is 23.5. The Morgan fingerprint density at radius 1 is 1.15 bits per heavy atom. The lowest BCUT2D eigenvalue weighted by Crippen LogP contribution is -2.34. The van der Waals surface area contributed by atoms with Crippen LogP contribution in [0.4, 0.5) is 0 Å². The average molecular weight is 457 g/mol. The second kappa shape index (κ2) is 9.61. The maximum absolute atomic E-state index is 12.1. The van der Waals surface area contributed by atoms with Crippen LogP contribution in [0, 0.1) is 0 Å². The highest BCUT2D eigenvalue weighted by molar-refractivity contribution is 5.99. The number of benzene rings is 1. The zero-order valence-electron chi connectivity index (χ0n) is 19.5. The molecule has 8 nitrogen and oxygen atoms in total. The molecule has 174 valence electrons. The Hall–Kier alpha value is -3.78. The van der Waals surface area contributed by atoms with Gasteiger partial charge >= 0.3 is 0 Å². The van der Waals surface area contributed by atoms with Crippen molar-refractivity contribution < 1.29 is 9.53 Å². The third-order valence-electron chi connectivity index (χ3n) is 5.98. The molecule has 4 heterocycles. The maximum Gasteiger partial charge on any atom is 0.257 e. The lowest BCUT2D eigenvalue weighted by Gasteiger charge is -2.12. The van der Waals surface area contributed by atoms with Gasteiger partial charge in [-0.1, -0.05) is 6.07 Å². The molecule has 0 saturated heterocycles. The molecule has 34 heavy (non-hydrogen) atoms. The maximum atomic E-state index is 12.1. The van der Waals surface area contributed by atoms with Crippen molar-refractivity contribution in [1.29, 1.82) is 0 Å². The predicted octanol–water partition coefficient (Wildman–Crippen LogP) is 3.16. The van der Waals surface area contributed by atoms with Crippen LogP contribution in [-0.4, -0.2) is 64.3 Å². The monoisotopic (exact) mass is 456 g/mol. The van der Waals surface area contributed by atoms with Crippen molar-refractivity contribution in [1.82, 2.24) is 30.0 Å². The first-order chi connectivity index (χ1) is 16.6. The van der Waals surface area contributed by atoms with E-state index in [9.17, 15) is 4.79 Å². The molecule has 4 aromatic rings. The standard InChI is InChI=1S/C26H28N6O2/c1-31(2)15-13-29-24(33)17-34-18-8-9-19-20(10-12-28-22(19)16-18)25-23-7-5-14-32(23)30-26(25)21-6-3-4-11-27-21/h3-4,6,8-12,16H,5,7,13-15,17H2,1-2H3,(H,29,33). The molecule has 3 aromatic heterocycles. The topological polar surface area (TPSA) is 85.2 Å². The van der Waals surface area contributed by atoms with Crippen LogP contribution >= 0.6 is 0 Å². The molecule has 0 unspecified atom stereocenters. The lowest BCUT2D eigenvalue weighted by atomic mass is 9.96. The molecular weight excluding hydrogens is 428 g/mol. The second-order valence-corrected chi connectivity index (χ2v) is 8.69. The van der Waals surface area contributed by atoms with E-state index in [0.29, 0.717) is 12.3 Å². The first-order valence-corrected chi connectivity index (χ1v) is 11.5. The SMILES string of the molecule is CN(C)CCNC(=O)COc1ccc2c(-c3c(-c4ccccn4)nn4c3CCC4)ccnc2c1. The number of rotatable bonds is 8. The van der Waals surface area contributed by atoms with Crippen molar-refractivity contribution in [3.05, 3.63) is 60.6 Å². The van der Waals surface area contributed by atoms with Crippen LogP contribution in [0.15, 0.2) is 54.9 Å². The van der Waals surface area contributed by atoms with E-state index in [1.54, 1.807) is 6.20 Å². The molecule has 5 rings (SSSR count). The van der Waals surface area contributed by atoms with Gasteiger partial charge in [0.2, 0.25) is 0 Å². The summed E-state index contributed by atoms with van der Waals surface area (Å²) in [7, 11) is 3.94. The van der Waals surface area contributed by atoms with Gasteiger partial charge in [0, 0.05) is 54.7 Å². The van der Waals surface area contributed by atoms with Gasteiger partial charge in [-0.2, -0.15) is 5.10 Å². The largest absolute Gasteiger partial charge is 0.484 e. The van der Waals surface area contributed by atoms with E-state index in [1.165, 1.54) is 5.69 Å². The minimum absolute atomic E-state index is 0.0284. The van der Waals surface area contributed by atoms with Gasteiger partial charge < -0.3 is 15.0 Å². The summed E-state index contributed by atoms with van der Waals surface area (Å²) in [5.74, 6) is 0.476. The fraction of sp³-hybridized carbons (Fsp3) is 0.308. The van der Waals surface area contributed by atoms with E-state index in [-0.39, 0.29) is 12.5 Å². The quantitative estimate of drug-likeness (QED) is 0.438. The third-order valence-corrected chi connectivity index (χ3v) is 5.98. The number of aromatic nitrogens is 4. The van der Waals surface area contributed by atoms with Gasteiger partial charge in [-0.05, 0) is 62.8 Å². The number of carbonyl (C=O) groups excluding carboxylic acids is 1. The number of hydrogen-bond acceptors (Lipinski definition) is 6. The summed E-state index contributed by atoms with van der Waals surface area (Å²) in [6.07, 6.45) is 5.70. The number of amides is 1. The Morgan fingerprint density at radius 2 is 2.06 bits per heavy atom. The van der Waals surface area contributed by atoms with Crippen LogP contribution in [0.1, 0.15) is 12.1 Å². The van der Waals surface area contributed by atoms with Gasteiger partial charge in [0.1, 0.15) is 11.4 Å². The molecule has 1 aliphatic rings. The molecule has 0 aliphatic carbocycles. The summed E-state index contributed by atoms with van der Waals surface area (Å²) in [6, 6.07) is 13.7. The van der Waals surface area contributed by atoms with E-state index < -0.39 is 0 Å². The minimum Gasteiger partial charge on any atom is -0.484 e. The number of nitrogens with zero attached hydrogens (tertiary/aromatic N) is 5. The van der Waals surface area contributed by atoms with Crippen molar-refractivity contribution in [2.75, 3.05) is 33.8 Å². The Balaban J connectivity index is 1.44. The molecule has 0 spiro atoms. The van der Waals surface area contributed by atoms with Gasteiger partial charge in [0.25, 0.3) is 5.91 Å². The Bertz CT molecular complexity index is 1320. The normalized spacial score (nSPS) is 12.8. The van der Waals surface area contributed by atoms with E-state index in [1.807, 2.05) is 67.7 Å². The number of likely N-dealkylation sites (N-methyl/N-ethyl adjacent to an activating group) is 1. The van der Waals surface area contributed by atoms with Crippen LogP contribution in [-0.2, 0) is 17.8 Å². The van der Waals surface area contributed by atoms with Crippen LogP contribution in [0.25, 0.3) is 33.4 Å². The van der Waals surface area contributed by atoms with Crippen LogP contribution in [0.3, 0.4) is 0 Å². The lowest BCUT2D eigenvalue weighted by molar-refractivity contribution is -0.123. The summed E-state index contributed by atoms with van der Waals surface area (Å²) in [6.45, 7) is 2.27. The number of fused-ring (bicyclic) bond motifs is 2. The van der Waals surface area contributed by atoms with Crippen molar-refractivity contribution in [3.63, 3.8) is 0 Å². The smallest absolute Gasteiger partial charge is 0.257 e. The van der Waals surface area contributed by atoms with Gasteiger partial charge in [-0.25, -0.2) is 0 Å². The summed E-state index contributed by atoms with van der Waals surface area (Å²) in [5.41, 5.74) is 6.03. The highest BCUT2D eigenvalue weighted by Gasteiger charge is 2.25. The van der Waals surface area contributed by atoms with Crippen LogP contribution in [0.5, 0.6) is 5.75 Å². The number of aryl methyl sites for hydroxylation is 1. The zero-order valence-corrected chi connectivity index (χ0v) is 19.5. The van der Waals surface area contributed by atoms with Crippen molar-refractivity contribution in [2.24, 2.45) is 0 Å². The number of carbonyl (C=O) groups is 1. The molecule has 1 aromatic carbocycles. The molecular formula is C26H28N6O2. The number of nitrogens with one attached hydrogen (secondary N) is 1. The van der Waals surface area contributed by atoms with E-state index >= 15 is 0 Å². The van der Waals surface area contributed by atoms with Crippen molar-refractivity contribution in [3.8, 4) is 28.3 Å². The summed E-state index contributed by atoms with van der Waals surface area (Å²) in [4.78, 5) is 23.2. The Kier molecular flexibility index (Phi) is 6.22. The highest BCUT2D eigenvalue weighted by atomic mass is 16.5. The molecule has 0 atom stereocenters. The molecule has 1 N–H and O–H groups in total. The fourth-order valence-corrected chi connectivity index (χ4v) is 4.35. The van der Waals surface area contributed by atoms with Gasteiger partial charge in [0.05, 0.1) is 11.2 Å². The predicted molar refractivity (Wildman–Crippen MR) is 132 cm³/mol. The van der Waals surface area contributed by atoms with Crippen molar-refractivity contribution in [2.45, 2.75) is 19.4 Å². The van der Waals surface area contributed by atoms with Crippen LogP contribution < -0.4 is 10.1 Å². The van der Waals surface area contributed by atoms with E-state index in [2.05, 4.69) is 20.0 Å². The Labute approximate surface area is 198 Å². The molecule has 8 heteroatoms. The van der Waals surface area contributed by atoms with Crippen molar-refractivity contribution >= 4 is 16.8 Å². The fourth-order valence-electron chi connectivity index (χ4n) is 4.35. The summed E-state index contributed by atoms with van der Waals surface area (Å²) in [5, 5.41) is 8.78. The molecule has 0 bridgehead atoms. The average Bonchev–Trinajstić information content (AvgIpc) is 3.44. The number of ether oxygens (including phenoxy) is 1. The molecule has 0 radical (unpaired) electrons. The van der Waals surface area contributed by atoms with Crippen LogP contribution in [0.2, 0.25) is 0 Å². The first kappa shape index (κ1) is 22.0. The Morgan fingerprint density at radius 3 is 2.88 bits per heavy atom. The first-order valence-electron chi connectivity index (χ1n) is 11.5. The molecule has 0 fully saturated rings. The molecule has 1 amide bonds. The van der Waals surface area contributed by atoms with Gasteiger partial charge in [-0.15, -0.1) is 0 Å².